The van der Waals surface area contributed by atoms with Gasteiger partial charge in [-0.25, -0.2) is 4.98 Å². The number of halogens is 1. The number of aromatic nitrogens is 2. The van der Waals surface area contributed by atoms with Crippen molar-refractivity contribution < 1.29 is 0 Å². The summed E-state index contributed by atoms with van der Waals surface area (Å²) >= 11 is 6.34. The molecule has 3 atom stereocenters. The Hall–Kier alpha value is -1.06. The van der Waals surface area contributed by atoms with Crippen LogP contribution in [0.1, 0.15) is 38.3 Å². The van der Waals surface area contributed by atoms with Crippen LogP contribution >= 0.6 is 11.6 Å². The molecule has 0 spiro atoms. The first kappa shape index (κ1) is 12.9. The Bertz CT molecular complexity index is 578. The maximum atomic E-state index is 6.34. The van der Waals surface area contributed by atoms with Gasteiger partial charge in [-0.2, -0.15) is 0 Å². The number of nitrogens with zero attached hydrogens (tertiary/aromatic N) is 2. The van der Waals surface area contributed by atoms with Crippen LogP contribution in [0.2, 0.25) is 5.15 Å². The van der Waals surface area contributed by atoms with Gasteiger partial charge < -0.3 is 9.72 Å². The quantitative estimate of drug-likeness (QED) is 0.927. The van der Waals surface area contributed by atoms with Gasteiger partial charge in [0.2, 0.25) is 0 Å². The first-order valence-corrected chi connectivity index (χ1v) is 7.46. The molecule has 0 amide bonds. The molecule has 2 heterocycles. The Morgan fingerprint density at radius 3 is 3.05 bits per heavy atom. The SMILES string of the molecule is CCCNC1CC(c2c(Cl)nc3ccccn23)C1C. The largest absolute Gasteiger partial charge is 0.314 e. The molecule has 1 fully saturated rings. The van der Waals surface area contributed by atoms with Crippen LogP contribution in [0.5, 0.6) is 0 Å². The molecule has 3 unspecified atom stereocenters. The number of fused-ring (bicyclic) bond motifs is 1. The van der Waals surface area contributed by atoms with Gasteiger partial charge in [0.1, 0.15) is 5.65 Å². The van der Waals surface area contributed by atoms with Gasteiger partial charge in [-0.1, -0.05) is 31.5 Å². The van der Waals surface area contributed by atoms with Gasteiger partial charge in [-0.05, 0) is 37.4 Å². The summed E-state index contributed by atoms with van der Waals surface area (Å²) in [6, 6.07) is 6.66. The van der Waals surface area contributed by atoms with E-state index in [-0.39, 0.29) is 0 Å². The van der Waals surface area contributed by atoms with E-state index < -0.39 is 0 Å². The number of nitrogens with one attached hydrogen (secondary N) is 1. The van der Waals surface area contributed by atoms with E-state index in [1.807, 2.05) is 18.2 Å². The predicted molar refractivity (Wildman–Crippen MR) is 78.8 cm³/mol. The van der Waals surface area contributed by atoms with E-state index in [2.05, 4.69) is 34.7 Å². The Kier molecular flexibility index (Phi) is 3.50. The highest BCUT2D eigenvalue weighted by atomic mass is 35.5. The summed E-state index contributed by atoms with van der Waals surface area (Å²) in [5.41, 5.74) is 2.12. The van der Waals surface area contributed by atoms with Gasteiger partial charge in [0, 0.05) is 18.2 Å². The van der Waals surface area contributed by atoms with Crippen LogP contribution in [0.4, 0.5) is 0 Å². The van der Waals surface area contributed by atoms with Crippen molar-refractivity contribution in [2.75, 3.05) is 6.54 Å². The topological polar surface area (TPSA) is 29.3 Å². The Morgan fingerprint density at radius 2 is 2.32 bits per heavy atom. The smallest absolute Gasteiger partial charge is 0.151 e. The highest BCUT2D eigenvalue weighted by Crippen LogP contribution is 2.44. The molecule has 1 N–H and O–H groups in total. The number of hydrogen-bond donors (Lipinski definition) is 1. The second-order valence-corrected chi connectivity index (χ2v) is 5.84. The Balaban J connectivity index is 1.84. The molecule has 3 rings (SSSR count). The summed E-state index contributed by atoms with van der Waals surface area (Å²) in [4.78, 5) is 4.45. The number of pyridine rings is 1. The molecule has 19 heavy (non-hydrogen) atoms. The molecule has 4 heteroatoms. The van der Waals surface area contributed by atoms with E-state index in [4.69, 9.17) is 11.6 Å². The molecule has 1 aliphatic carbocycles. The Labute approximate surface area is 119 Å². The van der Waals surface area contributed by atoms with Crippen LogP contribution in [-0.2, 0) is 0 Å². The van der Waals surface area contributed by atoms with Gasteiger partial charge in [0.15, 0.2) is 5.15 Å². The van der Waals surface area contributed by atoms with E-state index in [9.17, 15) is 0 Å². The van der Waals surface area contributed by atoms with Crippen molar-refractivity contribution in [1.82, 2.24) is 14.7 Å². The van der Waals surface area contributed by atoms with Gasteiger partial charge in [0.05, 0.1) is 5.69 Å². The van der Waals surface area contributed by atoms with Gasteiger partial charge in [-0.15, -0.1) is 0 Å². The van der Waals surface area contributed by atoms with Crippen molar-refractivity contribution in [3.8, 4) is 0 Å². The zero-order valence-corrected chi connectivity index (χ0v) is 12.2. The summed E-state index contributed by atoms with van der Waals surface area (Å²) in [7, 11) is 0. The molecule has 0 aliphatic heterocycles. The van der Waals surface area contributed by atoms with E-state index in [0.29, 0.717) is 23.0 Å². The summed E-state index contributed by atoms with van der Waals surface area (Å²) in [6.45, 7) is 5.61. The molecule has 0 aromatic carbocycles. The van der Waals surface area contributed by atoms with Gasteiger partial charge >= 0.3 is 0 Å². The third kappa shape index (κ3) is 2.15. The first-order valence-electron chi connectivity index (χ1n) is 7.08. The van der Waals surface area contributed by atoms with Crippen LogP contribution < -0.4 is 5.32 Å². The van der Waals surface area contributed by atoms with Crippen molar-refractivity contribution in [2.24, 2.45) is 5.92 Å². The lowest BCUT2D eigenvalue weighted by atomic mass is 9.68. The zero-order valence-electron chi connectivity index (χ0n) is 11.4. The van der Waals surface area contributed by atoms with Gasteiger partial charge in [0.25, 0.3) is 0 Å². The average molecular weight is 278 g/mol. The van der Waals surface area contributed by atoms with Crippen LogP contribution in [-0.4, -0.2) is 22.0 Å². The van der Waals surface area contributed by atoms with E-state index >= 15 is 0 Å². The standard InChI is InChI=1S/C15H20ClN3/c1-3-7-17-12-9-11(10(12)2)14-15(16)18-13-6-4-5-8-19(13)14/h4-6,8,10-12,17H,3,7,9H2,1-2H3. The van der Waals surface area contributed by atoms with Crippen molar-refractivity contribution in [3.05, 3.63) is 35.2 Å². The molecule has 2 aromatic heterocycles. The molecule has 2 aromatic rings. The lowest BCUT2D eigenvalue weighted by Crippen LogP contribution is -2.48. The summed E-state index contributed by atoms with van der Waals surface area (Å²) in [5, 5.41) is 4.27. The third-order valence-corrected chi connectivity index (χ3v) is 4.59. The molecule has 0 saturated heterocycles. The molecule has 1 aliphatic rings. The van der Waals surface area contributed by atoms with Gasteiger partial charge in [-0.3, -0.25) is 0 Å². The van der Waals surface area contributed by atoms with Crippen molar-refractivity contribution in [3.63, 3.8) is 0 Å². The second kappa shape index (κ2) is 5.14. The van der Waals surface area contributed by atoms with Crippen molar-refractivity contribution in [2.45, 2.75) is 38.6 Å². The molecule has 102 valence electrons. The molecule has 1 saturated carbocycles. The van der Waals surface area contributed by atoms with Crippen LogP contribution in [0, 0.1) is 5.92 Å². The molecular weight excluding hydrogens is 258 g/mol. The molecule has 3 nitrogen and oxygen atoms in total. The average Bonchev–Trinajstić information content (AvgIpc) is 2.74. The summed E-state index contributed by atoms with van der Waals surface area (Å²) < 4.78 is 2.14. The normalized spacial score (nSPS) is 26.6. The van der Waals surface area contributed by atoms with Crippen LogP contribution in [0.25, 0.3) is 5.65 Å². The fourth-order valence-electron chi connectivity index (χ4n) is 3.06. The molecule has 0 bridgehead atoms. The highest BCUT2D eigenvalue weighted by molar-refractivity contribution is 6.30. The Morgan fingerprint density at radius 1 is 1.47 bits per heavy atom. The fraction of sp³-hybridized carbons (Fsp3) is 0.533. The summed E-state index contributed by atoms with van der Waals surface area (Å²) in [6.07, 6.45) is 4.40. The third-order valence-electron chi connectivity index (χ3n) is 4.31. The van der Waals surface area contributed by atoms with Crippen molar-refractivity contribution in [1.29, 1.82) is 0 Å². The minimum absolute atomic E-state index is 0.513. The number of rotatable bonds is 4. The lowest BCUT2D eigenvalue weighted by molar-refractivity contribution is 0.181. The molecular formula is C15H20ClN3. The lowest BCUT2D eigenvalue weighted by Gasteiger charge is -2.43. The van der Waals surface area contributed by atoms with Crippen LogP contribution in [0.3, 0.4) is 0 Å². The first-order chi connectivity index (χ1) is 9.22. The highest BCUT2D eigenvalue weighted by Gasteiger charge is 2.40. The van der Waals surface area contributed by atoms with Crippen molar-refractivity contribution >= 4 is 17.2 Å². The number of imidazole rings is 1. The van der Waals surface area contributed by atoms with E-state index in [0.717, 1.165) is 18.6 Å². The minimum atomic E-state index is 0.513. The fourth-order valence-corrected chi connectivity index (χ4v) is 3.38. The van der Waals surface area contributed by atoms with E-state index in [1.54, 1.807) is 0 Å². The minimum Gasteiger partial charge on any atom is -0.314 e. The monoisotopic (exact) mass is 277 g/mol. The maximum absolute atomic E-state index is 6.34. The van der Waals surface area contributed by atoms with Crippen LogP contribution in [0.15, 0.2) is 24.4 Å². The van der Waals surface area contributed by atoms with E-state index in [1.165, 1.54) is 12.1 Å². The number of hydrogen-bond acceptors (Lipinski definition) is 2. The second-order valence-electron chi connectivity index (χ2n) is 5.48. The maximum Gasteiger partial charge on any atom is 0.151 e. The molecule has 0 radical (unpaired) electrons. The predicted octanol–water partition coefficient (Wildman–Crippen LogP) is 3.48. The summed E-state index contributed by atoms with van der Waals surface area (Å²) in [5.74, 6) is 1.13. The zero-order chi connectivity index (χ0) is 13.4.